The van der Waals surface area contributed by atoms with E-state index in [1.54, 1.807) is 0 Å². The zero-order valence-corrected chi connectivity index (χ0v) is 14.8. The van der Waals surface area contributed by atoms with Crippen LogP contribution in [-0.4, -0.2) is 32.3 Å². The van der Waals surface area contributed by atoms with Crippen molar-refractivity contribution in [2.75, 3.05) is 25.1 Å². The Bertz CT molecular complexity index is 407. The molecule has 0 heterocycles. The molecule has 0 saturated carbocycles. The van der Waals surface area contributed by atoms with Crippen molar-refractivity contribution in [1.82, 2.24) is 5.32 Å². The van der Waals surface area contributed by atoms with Crippen LogP contribution in [0.3, 0.4) is 0 Å². The topological polar surface area (TPSA) is 24.5 Å². The van der Waals surface area contributed by atoms with Gasteiger partial charge in [0.2, 0.25) is 0 Å². The number of nitrogens with zero attached hydrogens (tertiary/aromatic N) is 1. The fourth-order valence-corrected chi connectivity index (χ4v) is 2.57. The summed E-state index contributed by atoms with van der Waals surface area (Å²) in [5.41, 5.74) is 2.49. The summed E-state index contributed by atoms with van der Waals surface area (Å²) in [5, 5.41) is 3.43. The van der Waals surface area contributed by atoms with Gasteiger partial charge in [0, 0.05) is 30.7 Å². The van der Waals surface area contributed by atoms with Gasteiger partial charge in [-0.05, 0) is 47.5 Å². The number of halogens is 1. The van der Waals surface area contributed by atoms with Crippen molar-refractivity contribution in [3.8, 4) is 0 Å². The first-order valence-electron chi connectivity index (χ1n) is 7.24. The molecule has 0 aliphatic heterocycles. The van der Waals surface area contributed by atoms with E-state index in [0.29, 0.717) is 6.04 Å². The van der Waals surface area contributed by atoms with E-state index in [-0.39, 0.29) is 6.10 Å². The average Bonchev–Trinajstić information content (AvgIpc) is 2.35. The van der Waals surface area contributed by atoms with E-state index in [1.807, 2.05) is 0 Å². The summed E-state index contributed by atoms with van der Waals surface area (Å²) in [4.78, 5) is 2.21. The van der Waals surface area contributed by atoms with Crippen molar-refractivity contribution in [3.63, 3.8) is 0 Å². The second-order valence-electron chi connectivity index (χ2n) is 5.66. The summed E-state index contributed by atoms with van der Waals surface area (Å²) in [6.45, 7) is 11.0. The molecule has 0 saturated heterocycles. The van der Waals surface area contributed by atoms with Gasteiger partial charge in [-0.25, -0.2) is 0 Å². The second-order valence-corrected chi connectivity index (χ2v) is 6.52. The van der Waals surface area contributed by atoms with E-state index in [9.17, 15) is 0 Å². The SMILES string of the molecule is CC(C)NCc1ccc(N(C)CCOC(C)C)c(Br)c1. The molecule has 0 amide bonds. The molecule has 1 aromatic carbocycles. The van der Waals surface area contributed by atoms with Crippen LogP contribution in [0.5, 0.6) is 0 Å². The minimum Gasteiger partial charge on any atom is -0.377 e. The molecular weight excluding hydrogens is 316 g/mol. The predicted octanol–water partition coefficient (Wildman–Crippen LogP) is 3.81. The summed E-state index contributed by atoms with van der Waals surface area (Å²) in [5.74, 6) is 0. The quantitative estimate of drug-likeness (QED) is 0.777. The molecule has 0 unspecified atom stereocenters. The molecule has 0 aromatic heterocycles. The number of ether oxygens (including phenoxy) is 1. The standard InChI is InChI=1S/C16H27BrN2O/c1-12(2)18-11-14-6-7-16(15(17)10-14)19(5)8-9-20-13(3)4/h6-7,10,12-13,18H,8-9,11H2,1-5H3. The molecule has 114 valence electrons. The number of rotatable bonds is 8. The van der Waals surface area contributed by atoms with Gasteiger partial charge in [-0.1, -0.05) is 19.9 Å². The van der Waals surface area contributed by atoms with Crippen LogP contribution in [0.1, 0.15) is 33.3 Å². The van der Waals surface area contributed by atoms with E-state index < -0.39 is 0 Å². The Kier molecular flexibility index (Phi) is 7.56. The molecule has 0 radical (unpaired) electrons. The fraction of sp³-hybridized carbons (Fsp3) is 0.625. The van der Waals surface area contributed by atoms with Crippen molar-refractivity contribution >= 4 is 21.6 Å². The first-order chi connectivity index (χ1) is 9.40. The molecule has 0 bridgehead atoms. The summed E-state index contributed by atoms with van der Waals surface area (Å²) < 4.78 is 6.73. The van der Waals surface area contributed by atoms with Crippen LogP contribution in [0, 0.1) is 0 Å². The molecule has 0 aliphatic carbocycles. The van der Waals surface area contributed by atoms with Crippen molar-refractivity contribution in [3.05, 3.63) is 28.2 Å². The average molecular weight is 343 g/mol. The van der Waals surface area contributed by atoms with Crippen LogP contribution in [-0.2, 0) is 11.3 Å². The molecule has 1 rings (SSSR count). The molecule has 0 atom stereocenters. The molecule has 3 nitrogen and oxygen atoms in total. The van der Waals surface area contributed by atoms with E-state index in [0.717, 1.165) is 24.2 Å². The molecule has 20 heavy (non-hydrogen) atoms. The molecule has 0 spiro atoms. The van der Waals surface area contributed by atoms with Gasteiger partial charge in [-0.3, -0.25) is 0 Å². The summed E-state index contributed by atoms with van der Waals surface area (Å²) >= 11 is 3.67. The Morgan fingerprint density at radius 3 is 2.50 bits per heavy atom. The molecule has 0 aliphatic rings. The Morgan fingerprint density at radius 2 is 1.95 bits per heavy atom. The highest BCUT2D eigenvalue weighted by molar-refractivity contribution is 9.10. The van der Waals surface area contributed by atoms with Crippen LogP contribution >= 0.6 is 15.9 Å². The maximum absolute atomic E-state index is 5.60. The number of nitrogens with one attached hydrogen (secondary N) is 1. The van der Waals surface area contributed by atoms with Gasteiger partial charge < -0.3 is 15.0 Å². The number of hydrogen-bond donors (Lipinski definition) is 1. The Morgan fingerprint density at radius 1 is 1.25 bits per heavy atom. The lowest BCUT2D eigenvalue weighted by molar-refractivity contribution is 0.0846. The minimum absolute atomic E-state index is 0.288. The van der Waals surface area contributed by atoms with Gasteiger partial charge in [0.15, 0.2) is 0 Å². The van der Waals surface area contributed by atoms with Gasteiger partial charge in [-0.15, -0.1) is 0 Å². The summed E-state index contributed by atoms with van der Waals surface area (Å²) in [7, 11) is 2.09. The largest absolute Gasteiger partial charge is 0.377 e. The predicted molar refractivity (Wildman–Crippen MR) is 90.5 cm³/mol. The van der Waals surface area contributed by atoms with Gasteiger partial charge >= 0.3 is 0 Å². The smallest absolute Gasteiger partial charge is 0.0644 e. The van der Waals surface area contributed by atoms with Gasteiger partial charge in [-0.2, -0.15) is 0 Å². The summed E-state index contributed by atoms with van der Waals surface area (Å²) in [6, 6.07) is 7.03. The van der Waals surface area contributed by atoms with Crippen molar-refractivity contribution in [2.24, 2.45) is 0 Å². The molecule has 1 aromatic rings. The van der Waals surface area contributed by atoms with Crippen LogP contribution in [0.15, 0.2) is 22.7 Å². The van der Waals surface area contributed by atoms with Gasteiger partial charge in [0.25, 0.3) is 0 Å². The first-order valence-corrected chi connectivity index (χ1v) is 8.04. The lowest BCUT2D eigenvalue weighted by atomic mass is 10.2. The number of benzene rings is 1. The zero-order chi connectivity index (χ0) is 15.1. The Balaban J connectivity index is 2.58. The number of hydrogen-bond acceptors (Lipinski definition) is 3. The van der Waals surface area contributed by atoms with E-state index in [2.05, 4.69) is 79.1 Å². The van der Waals surface area contributed by atoms with Crippen molar-refractivity contribution < 1.29 is 4.74 Å². The second kappa shape index (κ2) is 8.65. The van der Waals surface area contributed by atoms with E-state index in [4.69, 9.17) is 4.74 Å². The van der Waals surface area contributed by atoms with E-state index in [1.165, 1.54) is 11.3 Å². The first kappa shape index (κ1) is 17.5. The maximum Gasteiger partial charge on any atom is 0.0644 e. The minimum atomic E-state index is 0.288. The molecule has 1 N–H and O–H groups in total. The van der Waals surface area contributed by atoms with Crippen molar-refractivity contribution in [2.45, 2.75) is 46.4 Å². The number of likely N-dealkylation sites (N-methyl/N-ethyl adjacent to an activating group) is 1. The van der Waals surface area contributed by atoms with Gasteiger partial charge in [0.1, 0.15) is 0 Å². The van der Waals surface area contributed by atoms with Crippen molar-refractivity contribution in [1.29, 1.82) is 0 Å². The molecule has 0 fully saturated rings. The van der Waals surface area contributed by atoms with Crippen LogP contribution in [0.2, 0.25) is 0 Å². The highest BCUT2D eigenvalue weighted by Crippen LogP contribution is 2.26. The lowest BCUT2D eigenvalue weighted by Crippen LogP contribution is -2.24. The summed E-state index contributed by atoms with van der Waals surface area (Å²) in [6.07, 6.45) is 0.288. The lowest BCUT2D eigenvalue weighted by Gasteiger charge is -2.22. The third-order valence-corrected chi connectivity index (χ3v) is 3.65. The van der Waals surface area contributed by atoms with E-state index >= 15 is 0 Å². The molecule has 4 heteroatoms. The zero-order valence-electron chi connectivity index (χ0n) is 13.2. The number of anilines is 1. The third-order valence-electron chi connectivity index (χ3n) is 3.02. The third kappa shape index (κ3) is 6.25. The maximum atomic E-state index is 5.60. The Hall–Kier alpha value is -0.580. The highest BCUT2D eigenvalue weighted by atomic mass is 79.9. The normalized spacial score (nSPS) is 11.4. The van der Waals surface area contributed by atoms with Crippen LogP contribution in [0.25, 0.3) is 0 Å². The molecular formula is C16H27BrN2O. The fourth-order valence-electron chi connectivity index (χ4n) is 1.84. The van der Waals surface area contributed by atoms with Gasteiger partial charge in [0.05, 0.1) is 18.4 Å². The monoisotopic (exact) mass is 342 g/mol. The highest BCUT2D eigenvalue weighted by Gasteiger charge is 2.07. The van der Waals surface area contributed by atoms with Crippen LogP contribution < -0.4 is 10.2 Å². The Labute approximate surface area is 131 Å². The van der Waals surface area contributed by atoms with Crippen LogP contribution in [0.4, 0.5) is 5.69 Å².